The summed E-state index contributed by atoms with van der Waals surface area (Å²) in [5.74, 6) is -0.383. The molecular formula is C27H23N3O3. The van der Waals surface area contributed by atoms with Crippen LogP contribution in [0.25, 0.3) is 22.0 Å². The molecule has 1 N–H and O–H groups in total. The average Bonchev–Trinajstić information content (AvgIpc) is 3.28. The number of aryl methyl sites for hydroxylation is 2. The highest BCUT2D eigenvalue weighted by Crippen LogP contribution is 2.35. The van der Waals surface area contributed by atoms with E-state index in [2.05, 4.69) is 23.8 Å². The topological polar surface area (TPSA) is 75.4 Å². The second-order valence-electron chi connectivity index (χ2n) is 8.42. The summed E-state index contributed by atoms with van der Waals surface area (Å²) in [6.45, 7) is 6.43. The first-order chi connectivity index (χ1) is 15.8. The molecule has 0 atom stereocenters. The van der Waals surface area contributed by atoms with Crippen LogP contribution in [0.5, 0.6) is 5.75 Å². The molecule has 164 valence electrons. The minimum Gasteiger partial charge on any atom is -0.508 e. The van der Waals surface area contributed by atoms with Gasteiger partial charge in [-0.15, -0.1) is 0 Å². The standard InChI is InChI=1S/C27H23N3O3/c1-16(26(32)19-6-4-7-20(31)12-19)14-30-15-24-21(8-5-9-22(24)27(30)33)18-10-11-25-23(13-18)17(2)28-29(25)3/h4-13,31H,1,14-15H2,2-3H3. The molecule has 0 spiro atoms. The Morgan fingerprint density at radius 2 is 1.85 bits per heavy atom. The Hall–Kier alpha value is -4.19. The predicted molar refractivity (Wildman–Crippen MR) is 127 cm³/mol. The third-order valence-electron chi connectivity index (χ3n) is 6.20. The minimum atomic E-state index is -0.285. The highest BCUT2D eigenvalue weighted by molar-refractivity contribution is 6.09. The molecule has 33 heavy (non-hydrogen) atoms. The molecule has 0 radical (unpaired) electrons. The van der Waals surface area contributed by atoms with Crippen LogP contribution in [0, 0.1) is 6.92 Å². The van der Waals surface area contributed by atoms with E-state index in [1.165, 1.54) is 12.1 Å². The van der Waals surface area contributed by atoms with Gasteiger partial charge in [-0.1, -0.05) is 36.9 Å². The molecule has 3 aromatic carbocycles. The van der Waals surface area contributed by atoms with Crippen LogP contribution in [0.4, 0.5) is 0 Å². The van der Waals surface area contributed by atoms with Crippen LogP contribution >= 0.6 is 0 Å². The number of hydrogen-bond acceptors (Lipinski definition) is 4. The number of Topliss-reactive ketones (excluding diaryl/α,β-unsaturated/α-hetero) is 1. The Morgan fingerprint density at radius 3 is 2.64 bits per heavy atom. The lowest BCUT2D eigenvalue weighted by atomic mass is 9.96. The van der Waals surface area contributed by atoms with Gasteiger partial charge in [-0.3, -0.25) is 14.3 Å². The second-order valence-corrected chi connectivity index (χ2v) is 8.42. The van der Waals surface area contributed by atoms with Crippen LogP contribution in [-0.4, -0.2) is 38.0 Å². The van der Waals surface area contributed by atoms with E-state index in [1.54, 1.807) is 17.0 Å². The number of nitrogens with zero attached hydrogens (tertiary/aromatic N) is 3. The first-order valence-electron chi connectivity index (χ1n) is 10.7. The summed E-state index contributed by atoms with van der Waals surface area (Å²) < 4.78 is 1.87. The van der Waals surface area contributed by atoms with Crippen LogP contribution in [-0.2, 0) is 13.6 Å². The molecule has 0 aliphatic carbocycles. The second kappa shape index (κ2) is 7.74. The number of carbonyl (C=O) groups excluding carboxylic acids is 2. The zero-order valence-corrected chi connectivity index (χ0v) is 18.5. The molecule has 6 heteroatoms. The number of aromatic hydroxyl groups is 1. The van der Waals surface area contributed by atoms with E-state index in [0.717, 1.165) is 33.3 Å². The quantitative estimate of drug-likeness (QED) is 0.364. The number of rotatable bonds is 5. The predicted octanol–water partition coefficient (Wildman–Crippen LogP) is 4.65. The maximum atomic E-state index is 13.1. The Kier molecular flexibility index (Phi) is 4.86. The fourth-order valence-corrected chi connectivity index (χ4v) is 4.55. The maximum Gasteiger partial charge on any atom is 0.254 e. The number of phenols is 1. The molecule has 1 aliphatic heterocycles. The van der Waals surface area contributed by atoms with Gasteiger partial charge in [0.05, 0.1) is 11.2 Å². The Balaban J connectivity index is 1.43. The van der Waals surface area contributed by atoms with Crippen LogP contribution in [0.2, 0.25) is 0 Å². The van der Waals surface area contributed by atoms with Gasteiger partial charge in [-0.25, -0.2) is 0 Å². The van der Waals surface area contributed by atoms with Gasteiger partial charge in [-0.2, -0.15) is 5.10 Å². The summed E-state index contributed by atoms with van der Waals surface area (Å²) >= 11 is 0. The van der Waals surface area contributed by atoms with Crippen molar-refractivity contribution in [1.29, 1.82) is 0 Å². The maximum absolute atomic E-state index is 13.1. The van der Waals surface area contributed by atoms with Gasteiger partial charge < -0.3 is 10.0 Å². The molecule has 0 unspecified atom stereocenters. The molecule has 5 rings (SSSR count). The average molecular weight is 437 g/mol. The summed E-state index contributed by atoms with van der Waals surface area (Å²) in [4.78, 5) is 27.5. The fraction of sp³-hybridized carbons (Fsp3) is 0.148. The Labute approximate surface area is 191 Å². The Morgan fingerprint density at radius 1 is 1.09 bits per heavy atom. The van der Waals surface area contributed by atoms with E-state index in [4.69, 9.17) is 0 Å². The molecular weight excluding hydrogens is 414 g/mol. The SMILES string of the molecule is C=C(CN1Cc2c(cccc2-c2ccc3c(c2)c(C)nn3C)C1=O)C(=O)c1cccc(O)c1. The van der Waals surface area contributed by atoms with Gasteiger partial charge in [0.25, 0.3) is 5.91 Å². The van der Waals surface area contributed by atoms with E-state index < -0.39 is 0 Å². The summed E-state index contributed by atoms with van der Waals surface area (Å²) in [6, 6.07) is 18.1. The van der Waals surface area contributed by atoms with E-state index in [1.807, 2.05) is 42.9 Å². The number of aromatic nitrogens is 2. The molecule has 4 aromatic rings. The summed E-state index contributed by atoms with van der Waals surface area (Å²) in [5, 5.41) is 15.2. The highest BCUT2D eigenvalue weighted by atomic mass is 16.3. The number of hydrogen-bond donors (Lipinski definition) is 1. The number of fused-ring (bicyclic) bond motifs is 2. The Bertz CT molecular complexity index is 1470. The molecule has 6 nitrogen and oxygen atoms in total. The third kappa shape index (κ3) is 3.49. The van der Waals surface area contributed by atoms with Gasteiger partial charge in [0.2, 0.25) is 0 Å². The molecule has 0 saturated heterocycles. The number of phenolic OH excluding ortho intramolecular Hbond substituents is 1. The van der Waals surface area contributed by atoms with Crippen molar-refractivity contribution in [2.24, 2.45) is 7.05 Å². The van der Waals surface area contributed by atoms with Gasteiger partial charge in [0.15, 0.2) is 5.78 Å². The summed E-state index contributed by atoms with van der Waals surface area (Å²) in [7, 11) is 1.93. The van der Waals surface area contributed by atoms with Gasteiger partial charge in [0, 0.05) is 42.2 Å². The van der Waals surface area contributed by atoms with Crippen molar-refractivity contribution in [2.45, 2.75) is 13.5 Å². The first kappa shape index (κ1) is 20.7. The van der Waals surface area contributed by atoms with Crippen LogP contribution < -0.4 is 0 Å². The molecule has 0 saturated carbocycles. The number of carbonyl (C=O) groups is 2. The van der Waals surface area contributed by atoms with Gasteiger partial charge >= 0.3 is 0 Å². The molecule has 0 bridgehead atoms. The van der Waals surface area contributed by atoms with Crippen molar-refractivity contribution in [1.82, 2.24) is 14.7 Å². The van der Waals surface area contributed by atoms with E-state index in [9.17, 15) is 14.7 Å². The third-order valence-corrected chi connectivity index (χ3v) is 6.20. The van der Waals surface area contributed by atoms with Crippen molar-refractivity contribution >= 4 is 22.6 Å². The molecule has 0 fully saturated rings. The van der Waals surface area contributed by atoms with Crippen LogP contribution in [0.15, 0.2) is 72.8 Å². The zero-order valence-electron chi connectivity index (χ0n) is 18.5. The van der Waals surface area contributed by atoms with Crippen molar-refractivity contribution in [2.75, 3.05) is 6.54 Å². The van der Waals surface area contributed by atoms with Crippen molar-refractivity contribution in [3.8, 4) is 16.9 Å². The van der Waals surface area contributed by atoms with Crippen molar-refractivity contribution < 1.29 is 14.7 Å². The number of benzene rings is 3. The molecule has 1 amide bonds. The van der Waals surface area contributed by atoms with E-state index in [0.29, 0.717) is 23.2 Å². The van der Waals surface area contributed by atoms with Gasteiger partial charge in [-0.05, 0) is 53.9 Å². The van der Waals surface area contributed by atoms with Gasteiger partial charge in [0.1, 0.15) is 5.75 Å². The lowest BCUT2D eigenvalue weighted by Crippen LogP contribution is -2.28. The molecule has 1 aliphatic rings. The zero-order chi connectivity index (χ0) is 23.3. The smallest absolute Gasteiger partial charge is 0.254 e. The monoisotopic (exact) mass is 437 g/mol. The van der Waals surface area contributed by atoms with Crippen molar-refractivity contribution in [3.05, 3.63) is 95.2 Å². The van der Waals surface area contributed by atoms with E-state index >= 15 is 0 Å². The van der Waals surface area contributed by atoms with Crippen LogP contribution in [0.1, 0.15) is 32.0 Å². The fourth-order valence-electron chi connectivity index (χ4n) is 4.55. The molecule has 2 heterocycles. The first-order valence-corrected chi connectivity index (χ1v) is 10.7. The minimum absolute atomic E-state index is 0.0174. The number of ketones is 1. The normalized spacial score (nSPS) is 12.9. The lowest BCUT2D eigenvalue weighted by molar-refractivity contribution is 0.0788. The van der Waals surface area contributed by atoms with E-state index in [-0.39, 0.29) is 24.0 Å². The number of amides is 1. The lowest BCUT2D eigenvalue weighted by Gasteiger charge is -2.17. The largest absolute Gasteiger partial charge is 0.508 e. The summed E-state index contributed by atoms with van der Waals surface area (Å²) in [6.07, 6.45) is 0. The van der Waals surface area contributed by atoms with Crippen molar-refractivity contribution in [3.63, 3.8) is 0 Å². The highest BCUT2D eigenvalue weighted by Gasteiger charge is 2.30. The van der Waals surface area contributed by atoms with Crippen LogP contribution in [0.3, 0.4) is 0 Å². The summed E-state index contributed by atoms with van der Waals surface area (Å²) in [5.41, 5.74) is 6.29. The molecule has 1 aromatic heterocycles.